The number of carbonyl (C=O) groups excluding carboxylic acids is 2. The van der Waals surface area contributed by atoms with Crippen LogP contribution in [0.1, 0.15) is 32.6 Å². The first kappa shape index (κ1) is 13.3. The van der Waals surface area contributed by atoms with Crippen molar-refractivity contribution in [2.24, 2.45) is 11.8 Å². The number of amides is 1. The van der Waals surface area contributed by atoms with Crippen molar-refractivity contribution < 1.29 is 14.3 Å². The van der Waals surface area contributed by atoms with E-state index in [1.807, 2.05) is 0 Å². The molecule has 0 spiro atoms. The van der Waals surface area contributed by atoms with E-state index >= 15 is 0 Å². The highest BCUT2D eigenvalue weighted by atomic mass is 16.5. The molecule has 0 heterocycles. The lowest BCUT2D eigenvalue weighted by Gasteiger charge is -2.25. The summed E-state index contributed by atoms with van der Waals surface area (Å²) in [5.74, 6) is 1.02. The highest BCUT2D eigenvalue weighted by Gasteiger charge is 2.39. The molecule has 1 amide bonds. The van der Waals surface area contributed by atoms with Crippen molar-refractivity contribution in [3.63, 3.8) is 0 Å². The first-order chi connectivity index (χ1) is 8.60. The maximum Gasteiger partial charge on any atom is 0.329 e. The van der Waals surface area contributed by atoms with Gasteiger partial charge in [0.25, 0.3) is 0 Å². The molecule has 4 unspecified atom stereocenters. The van der Waals surface area contributed by atoms with Gasteiger partial charge in [0.2, 0.25) is 5.91 Å². The maximum absolute atomic E-state index is 11.5. The van der Waals surface area contributed by atoms with Crippen LogP contribution in [0.2, 0.25) is 0 Å². The van der Waals surface area contributed by atoms with E-state index in [-0.39, 0.29) is 11.9 Å². The van der Waals surface area contributed by atoms with Crippen molar-refractivity contribution in [1.29, 1.82) is 0 Å². The predicted molar refractivity (Wildman–Crippen MR) is 66.9 cm³/mol. The number of methoxy groups -OCH3 is 1. The van der Waals surface area contributed by atoms with Crippen LogP contribution in [0.4, 0.5) is 0 Å². The summed E-state index contributed by atoms with van der Waals surface area (Å²) in [7, 11) is 1.34. The number of esters is 1. The van der Waals surface area contributed by atoms with Crippen molar-refractivity contribution in [3.8, 4) is 0 Å². The average molecular weight is 254 g/mol. The second-order valence-electron chi connectivity index (χ2n) is 5.47. The SMILES string of the molecule is COC(=O)C(CNC1CC2CCC1C2)NC(C)=O. The third-order valence-corrected chi connectivity index (χ3v) is 4.19. The van der Waals surface area contributed by atoms with Crippen LogP contribution in [-0.2, 0) is 14.3 Å². The molecule has 2 rings (SSSR count). The Hall–Kier alpha value is -1.10. The van der Waals surface area contributed by atoms with Gasteiger partial charge in [-0.25, -0.2) is 4.79 Å². The summed E-state index contributed by atoms with van der Waals surface area (Å²) in [6.45, 7) is 1.87. The van der Waals surface area contributed by atoms with E-state index in [2.05, 4.69) is 10.6 Å². The summed E-state index contributed by atoms with van der Waals surface area (Å²) in [4.78, 5) is 22.6. The second-order valence-corrected chi connectivity index (χ2v) is 5.47. The number of hydrogen-bond donors (Lipinski definition) is 2. The van der Waals surface area contributed by atoms with Gasteiger partial charge in [-0.3, -0.25) is 4.79 Å². The van der Waals surface area contributed by atoms with Crippen molar-refractivity contribution >= 4 is 11.9 Å². The molecule has 102 valence electrons. The van der Waals surface area contributed by atoms with Crippen LogP contribution >= 0.6 is 0 Å². The van der Waals surface area contributed by atoms with Crippen molar-refractivity contribution in [3.05, 3.63) is 0 Å². The zero-order valence-electron chi connectivity index (χ0n) is 11.1. The largest absolute Gasteiger partial charge is 0.467 e. The molecule has 5 heteroatoms. The van der Waals surface area contributed by atoms with E-state index in [1.165, 1.54) is 39.7 Å². The molecule has 18 heavy (non-hydrogen) atoms. The molecule has 5 nitrogen and oxygen atoms in total. The molecule has 0 aromatic rings. The highest BCUT2D eigenvalue weighted by molar-refractivity contribution is 5.83. The van der Waals surface area contributed by atoms with Gasteiger partial charge < -0.3 is 15.4 Å². The van der Waals surface area contributed by atoms with Crippen LogP contribution < -0.4 is 10.6 Å². The lowest BCUT2D eigenvalue weighted by Crippen LogP contribution is -2.50. The number of hydrogen-bond acceptors (Lipinski definition) is 4. The Morgan fingerprint density at radius 3 is 2.61 bits per heavy atom. The predicted octanol–water partition coefficient (Wildman–Crippen LogP) is 0.442. The number of rotatable bonds is 5. The number of fused-ring (bicyclic) bond motifs is 2. The minimum atomic E-state index is -0.577. The molecule has 0 aliphatic heterocycles. The number of ether oxygens (including phenoxy) is 1. The van der Waals surface area contributed by atoms with E-state index in [1.54, 1.807) is 0 Å². The van der Waals surface area contributed by atoms with Gasteiger partial charge in [-0.15, -0.1) is 0 Å². The van der Waals surface area contributed by atoms with Gasteiger partial charge in [0, 0.05) is 19.5 Å². The smallest absolute Gasteiger partial charge is 0.329 e. The minimum absolute atomic E-state index is 0.208. The summed E-state index contributed by atoms with van der Waals surface area (Å²) in [6.07, 6.45) is 5.18. The van der Waals surface area contributed by atoms with E-state index < -0.39 is 6.04 Å². The maximum atomic E-state index is 11.5. The molecular weight excluding hydrogens is 232 g/mol. The van der Waals surface area contributed by atoms with Crippen LogP contribution in [0.5, 0.6) is 0 Å². The Morgan fingerprint density at radius 2 is 2.11 bits per heavy atom. The van der Waals surface area contributed by atoms with Crippen LogP contribution in [0.15, 0.2) is 0 Å². The quantitative estimate of drug-likeness (QED) is 0.699. The normalized spacial score (nSPS) is 31.1. The molecule has 2 aliphatic rings. The zero-order valence-corrected chi connectivity index (χ0v) is 11.1. The minimum Gasteiger partial charge on any atom is -0.467 e. The fourth-order valence-corrected chi connectivity index (χ4v) is 3.34. The molecule has 2 fully saturated rings. The molecule has 0 aromatic heterocycles. The summed E-state index contributed by atoms with van der Waals surface area (Å²) < 4.78 is 4.70. The topological polar surface area (TPSA) is 67.4 Å². The fraction of sp³-hybridized carbons (Fsp3) is 0.846. The first-order valence-electron chi connectivity index (χ1n) is 6.68. The fourth-order valence-electron chi connectivity index (χ4n) is 3.34. The van der Waals surface area contributed by atoms with Gasteiger partial charge in [0.05, 0.1) is 7.11 Å². The Labute approximate surface area is 108 Å². The Kier molecular flexibility index (Phi) is 4.22. The standard InChI is InChI=1S/C13H22N2O3/c1-8(16)15-12(13(17)18-2)7-14-11-6-9-3-4-10(11)5-9/h9-12,14H,3-7H2,1-2H3,(H,15,16). The lowest BCUT2D eigenvalue weighted by atomic mass is 9.95. The van der Waals surface area contributed by atoms with Crippen LogP contribution in [0.25, 0.3) is 0 Å². The monoisotopic (exact) mass is 254 g/mol. The van der Waals surface area contributed by atoms with E-state index in [0.717, 1.165) is 11.8 Å². The molecule has 0 radical (unpaired) electrons. The second kappa shape index (κ2) is 5.69. The zero-order chi connectivity index (χ0) is 13.1. The summed E-state index contributed by atoms with van der Waals surface area (Å²) >= 11 is 0. The van der Waals surface area contributed by atoms with Crippen molar-refractivity contribution in [2.75, 3.05) is 13.7 Å². The molecule has 2 aliphatic carbocycles. The molecular formula is C13H22N2O3. The molecule has 0 saturated heterocycles. The summed E-state index contributed by atoms with van der Waals surface area (Å²) in [5, 5.41) is 6.04. The van der Waals surface area contributed by atoms with Gasteiger partial charge in [-0.1, -0.05) is 6.42 Å². The molecule has 2 bridgehead atoms. The number of carbonyl (C=O) groups is 2. The van der Waals surface area contributed by atoms with E-state index in [4.69, 9.17) is 4.74 Å². The molecule has 4 atom stereocenters. The lowest BCUT2D eigenvalue weighted by molar-refractivity contribution is -0.144. The highest BCUT2D eigenvalue weighted by Crippen LogP contribution is 2.44. The Morgan fingerprint density at radius 1 is 1.33 bits per heavy atom. The van der Waals surface area contributed by atoms with Gasteiger partial charge >= 0.3 is 5.97 Å². The molecule has 2 saturated carbocycles. The van der Waals surface area contributed by atoms with Crippen LogP contribution in [0.3, 0.4) is 0 Å². The van der Waals surface area contributed by atoms with E-state index in [0.29, 0.717) is 12.6 Å². The Balaban J connectivity index is 1.81. The van der Waals surface area contributed by atoms with E-state index in [9.17, 15) is 9.59 Å². The van der Waals surface area contributed by atoms with Crippen LogP contribution in [0, 0.1) is 11.8 Å². The summed E-state index contributed by atoms with van der Waals surface area (Å²) in [6, 6.07) is -0.0729. The van der Waals surface area contributed by atoms with Gasteiger partial charge in [-0.05, 0) is 31.1 Å². The first-order valence-corrected chi connectivity index (χ1v) is 6.68. The Bertz CT molecular complexity index is 332. The third-order valence-electron chi connectivity index (χ3n) is 4.19. The number of nitrogens with one attached hydrogen (secondary N) is 2. The van der Waals surface area contributed by atoms with Gasteiger partial charge in [0.15, 0.2) is 0 Å². The van der Waals surface area contributed by atoms with Crippen molar-refractivity contribution in [1.82, 2.24) is 10.6 Å². The van der Waals surface area contributed by atoms with Crippen LogP contribution in [-0.4, -0.2) is 37.6 Å². The van der Waals surface area contributed by atoms with Crippen molar-refractivity contribution in [2.45, 2.75) is 44.7 Å². The van der Waals surface area contributed by atoms with Gasteiger partial charge in [0.1, 0.15) is 6.04 Å². The third kappa shape index (κ3) is 3.02. The average Bonchev–Trinajstić information content (AvgIpc) is 2.95. The van der Waals surface area contributed by atoms with Gasteiger partial charge in [-0.2, -0.15) is 0 Å². The summed E-state index contributed by atoms with van der Waals surface area (Å²) in [5.41, 5.74) is 0. The molecule has 0 aromatic carbocycles. The molecule has 2 N–H and O–H groups in total.